The third-order valence-corrected chi connectivity index (χ3v) is 20.0. The number of halogens is 1. The van der Waals surface area contributed by atoms with Gasteiger partial charge in [0, 0.05) is 59.5 Å². The quantitative estimate of drug-likeness (QED) is 0.0177. The summed E-state index contributed by atoms with van der Waals surface area (Å²) in [6, 6.07) is 40.1. The maximum atomic E-state index is 15.1. The van der Waals surface area contributed by atoms with Crippen LogP contribution in [0.5, 0.6) is 5.75 Å². The molecule has 7 rings (SSSR count). The molecule has 1 aliphatic heterocycles. The van der Waals surface area contributed by atoms with E-state index in [1.165, 1.54) is 23.6 Å². The normalized spacial score (nSPS) is 14.7. The van der Waals surface area contributed by atoms with Gasteiger partial charge in [0.05, 0.1) is 25.7 Å². The molecule has 0 saturated carbocycles. The summed E-state index contributed by atoms with van der Waals surface area (Å²) in [6.07, 6.45) is -1.74. The predicted molar refractivity (Wildman–Crippen MR) is 407 cm³/mol. The van der Waals surface area contributed by atoms with Gasteiger partial charge in [-0.2, -0.15) is 23.5 Å². The molecule has 9 atom stereocenters. The molecule has 0 aromatic heterocycles. The molecule has 566 valence electrons. The first-order chi connectivity index (χ1) is 51.0. The van der Waals surface area contributed by atoms with Crippen molar-refractivity contribution >= 4 is 100 Å². The summed E-state index contributed by atoms with van der Waals surface area (Å²) >= 11 is 9.04. The van der Waals surface area contributed by atoms with Gasteiger partial charge in [-0.1, -0.05) is 183 Å². The maximum absolute atomic E-state index is 15.1. The van der Waals surface area contributed by atoms with Gasteiger partial charge in [0.25, 0.3) is 0 Å². The molecule has 1 saturated heterocycles. The van der Waals surface area contributed by atoms with E-state index in [1.54, 1.807) is 91.5 Å². The lowest BCUT2D eigenvalue weighted by atomic mass is 9.96. The lowest BCUT2D eigenvalue weighted by Gasteiger charge is -2.32. The fraction of sp³-hybridized carbons (Fsp3) is 0.397. The molecule has 28 heteroatoms. The van der Waals surface area contributed by atoms with Gasteiger partial charge < -0.3 is 73.1 Å². The number of thioether (sulfide) groups is 2. The fourth-order valence-electron chi connectivity index (χ4n) is 11.3. The second kappa shape index (κ2) is 44.1. The number of ether oxygens (including phenoxy) is 3. The zero-order chi connectivity index (χ0) is 76.3. The van der Waals surface area contributed by atoms with Crippen LogP contribution in [0.3, 0.4) is 0 Å². The highest BCUT2D eigenvalue weighted by Crippen LogP contribution is 2.24. The first-order valence-corrected chi connectivity index (χ1v) is 38.0. The Morgan fingerprint density at radius 1 is 0.575 bits per heavy atom. The summed E-state index contributed by atoms with van der Waals surface area (Å²) in [6.45, 7) is 6.74. The molecule has 6 aromatic carbocycles. The molecular weight excluding hydrogens is 1410 g/mol. The average molecular weight is 1510 g/mol. The molecule has 0 unspecified atom stereocenters. The van der Waals surface area contributed by atoms with Crippen LogP contribution in [0, 0.1) is 12.8 Å². The second-order valence-corrected chi connectivity index (χ2v) is 28.4. The molecular formula is C78H96ClN11O14S2. The van der Waals surface area contributed by atoms with Crippen LogP contribution in [0.25, 0.3) is 0 Å². The minimum Gasteiger partial charge on any atom is -0.489 e. The predicted octanol–water partition coefficient (Wildman–Crippen LogP) is 6.76. The Balaban J connectivity index is 1.09. The van der Waals surface area contributed by atoms with Crippen LogP contribution in [-0.4, -0.2) is 150 Å². The van der Waals surface area contributed by atoms with Crippen molar-refractivity contribution < 1.29 is 67.0 Å². The van der Waals surface area contributed by atoms with Crippen LogP contribution in [0.2, 0.25) is 5.02 Å². The van der Waals surface area contributed by atoms with Crippen molar-refractivity contribution in [2.24, 2.45) is 17.4 Å². The van der Waals surface area contributed by atoms with Crippen molar-refractivity contribution in [2.45, 2.75) is 159 Å². The van der Waals surface area contributed by atoms with E-state index in [4.69, 9.17) is 37.3 Å². The zero-order valence-electron chi connectivity index (χ0n) is 60.0. The molecule has 0 aliphatic carbocycles. The van der Waals surface area contributed by atoms with E-state index >= 15 is 14.4 Å². The highest BCUT2D eigenvalue weighted by molar-refractivity contribution is 7.98. The first-order valence-electron chi connectivity index (χ1n) is 35.3. The van der Waals surface area contributed by atoms with E-state index in [2.05, 4.69) is 42.5 Å². The van der Waals surface area contributed by atoms with Crippen molar-refractivity contribution in [1.29, 1.82) is 0 Å². The number of carbonyl (C=O) groups excluding carboxylic acids is 11. The number of likely N-dealkylation sites (tertiary alicyclic amines) is 1. The van der Waals surface area contributed by atoms with Crippen molar-refractivity contribution in [1.82, 2.24) is 47.4 Å². The SMILES string of the molecule is CC[C@H](C)[C@H](NC(=O)[C@H](Cc1ccc(OCc2ccccc2)cc1)NC(=O)CCSCc1ccc(C)cc1)C(=O)N[C@H](C(=O)N[C@@H](CC(N)=O)C(=O)N[C@@H](CSCc1ccccc1)C(=O)N1CCC[C@H]1C(=O)N[C@@H](CCCNC(=O)OCc1ccccc1Cl)C(=O)NCC(N)=O)[C@@H](C)OCc1ccccc1. The lowest BCUT2D eigenvalue weighted by Crippen LogP contribution is -2.63. The third kappa shape index (κ3) is 28.5. The van der Waals surface area contributed by atoms with Crippen LogP contribution in [0.4, 0.5) is 4.79 Å². The van der Waals surface area contributed by atoms with Gasteiger partial charge in [-0.25, -0.2) is 4.79 Å². The van der Waals surface area contributed by atoms with Crippen molar-refractivity contribution in [3.63, 3.8) is 0 Å². The van der Waals surface area contributed by atoms with E-state index in [1.807, 2.05) is 105 Å². The Morgan fingerprint density at radius 3 is 1.81 bits per heavy atom. The largest absolute Gasteiger partial charge is 0.489 e. The van der Waals surface area contributed by atoms with Crippen LogP contribution < -0.4 is 58.7 Å². The number of amides is 11. The van der Waals surface area contributed by atoms with Crippen LogP contribution in [0.15, 0.2) is 164 Å². The number of aryl methyl sites for hydroxylation is 1. The molecule has 106 heavy (non-hydrogen) atoms. The lowest BCUT2D eigenvalue weighted by molar-refractivity contribution is -0.142. The van der Waals surface area contributed by atoms with Crippen molar-refractivity contribution in [2.75, 3.05) is 31.1 Å². The zero-order valence-corrected chi connectivity index (χ0v) is 62.4. The molecule has 11 amide bonds. The fourth-order valence-corrected chi connectivity index (χ4v) is 13.4. The Kier molecular flexibility index (Phi) is 34.7. The van der Waals surface area contributed by atoms with E-state index in [0.29, 0.717) is 64.2 Å². The topological polar surface area (TPSA) is 367 Å². The number of hydrogen-bond donors (Lipinski definition) is 10. The number of carbonyl (C=O) groups is 11. The van der Waals surface area contributed by atoms with Gasteiger partial charge in [0.2, 0.25) is 59.1 Å². The van der Waals surface area contributed by atoms with E-state index < -0.39 is 132 Å². The molecule has 0 radical (unpaired) electrons. The van der Waals surface area contributed by atoms with E-state index in [9.17, 15) is 38.4 Å². The number of nitrogens with two attached hydrogens (primary N) is 2. The Hall–Kier alpha value is -9.96. The summed E-state index contributed by atoms with van der Waals surface area (Å²) in [7, 11) is 0. The van der Waals surface area contributed by atoms with Crippen molar-refractivity contribution in [3.8, 4) is 5.75 Å². The molecule has 25 nitrogen and oxygen atoms in total. The van der Waals surface area contributed by atoms with Gasteiger partial charge in [0.1, 0.15) is 61.3 Å². The summed E-state index contributed by atoms with van der Waals surface area (Å²) in [5, 5.41) is 22.0. The number of nitrogens with zero attached hydrogens (tertiary/aromatic N) is 1. The summed E-state index contributed by atoms with van der Waals surface area (Å²) in [4.78, 5) is 155. The summed E-state index contributed by atoms with van der Waals surface area (Å²) < 4.78 is 17.6. The van der Waals surface area contributed by atoms with Gasteiger partial charge >= 0.3 is 6.09 Å². The average Bonchev–Trinajstić information content (AvgIpc) is 1.56. The van der Waals surface area contributed by atoms with Gasteiger partial charge in [0.15, 0.2) is 0 Å². The van der Waals surface area contributed by atoms with Gasteiger partial charge in [-0.15, -0.1) is 0 Å². The Bertz CT molecular complexity index is 3870. The highest BCUT2D eigenvalue weighted by atomic mass is 35.5. The molecule has 0 spiro atoms. The van der Waals surface area contributed by atoms with Crippen LogP contribution in [-0.2, 0) is 95.2 Å². The summed E-state index contributed by atoms with van der Waals surface area (Å²) in [5.41, 5.74) is 17.2. The number of nitrogens with one attached hydrogen (secondary N) is 8. The standard InChI is InChI=1S/C78H96ClN11O14S2/c1-5-51(3)69(88-73(96)62(84-68(93)37-40-105-47-57-31-29-50(2)30-32-57)41-53-33-35-59(36-34-53)103-45-55-21-11-7-12-22-55)75(98)89-70(52(4)102-44-54-19-9-6-10-20-54)76(99)86-63(42-66(80)91)72(95)87-64(49-106-48-56-23-13-8-14-24-56)77(100)90-39-18-28-65(90)74(97)85-61(71(94)83-43-67(81)92)27-17-38-82-78(101)104-46-58-25-15-16-26-60(58)79/h6-16,19-26,29-36,51-52,61-65,69-70H,5,17-18,27-28,37-49H2,1-4H3,(H2,80,91)(H2,81,92)(H,82,101)(H,83,94)(H,84,93)(H,85,97)(H,86,99)(H,87,95)(H,88,96)(H,89,98)/t51-,52+,61-,62-,63-,64-,65-,69-,70-/m0/s1. The molecule has 12 N–H and O–H groups in total. The highest BCUT2D eigenvalue weighted by Gasteiger charge is 2.41. The minimum absolute atomic E-state index is 0.00371. The third-order valence-electron chi connectivity index (χ3n) is 17.5. The van der Waals surface area contributed by atoms with E-state index in [-0.39, 0.29) is 64.2 Å². The van der Waals surface area contributed by atoms with Crippen LogP contribution >= 0.6 is 35.1 Å². The molecule has 1 aliphatic rings. The molecule has 0 bridgehead atoms. The first kappa shape index (κ1) is 83.3. The van der Waals surface area contributed by atoms with E-state index in [0.717, 1.165) is 22.3 Å². The van der Waals surface area contributed by atoms with Gasteiger partial charge in [-0.05, 0) is 91.5 Å². The Labute approximate surface area is 632 Å². The monoisotopic (exact) mass is 1510 g/mol. The smallest absolute Gasteiger partial charge is 0.407 e. The van der Waals surface area contributed by atoms with Gasteiger partial charge in [-0.3, -0.25) is 47.9 Å². The number of benzene rings is 6. The molecule has 1 heterocycles. The number of alkyl carbamates (subject to hydrolysis) is 1. The maximum Gasteiger partial charge on any atom is 0.407 e. The number of rotatable bonds is 43. The molecule has 1 fully saturated rings. The second-order valence-electron chi connectivity index (χ2n) is 25.9. The van der Waals surface area contributed by atoms with Crippen LogP contribution in [0.1, 0.15) is 105 Å². The molecule has 6 aromatic rings. The minimum atomic E-state index is -1.78. The summed E-state index contributed by atoms with van der Waals surface area (Å²) in [5.74, 6) is -6.65. The number of primary amides is 2. The Morgan fingerprint density at radius 2 is 1.16 bits per heavy atom. The number of hydrogen-bond acceptors (Lipinski definition) is 16. The van der Waals surface area contributed by atoms with Crippen molar-refractivity contribution in [3.05, 3.63) is 208 Å².